The van der Waals surface area contributed by atoms with Gasteiger partial charge in [-0.05, 0) is 32.4 Å². The minimum Gasteiger partial charge on any atom is -0.481 e. The average molecular weight is 274 g/mol. The molecule has 1 aliphatic rings. The maximum Gasteiger partial charge on any atom is 0.315 e. The lowest BCUT2D eigenvalue weighted by molar-refractivity contribution is -0.143. The number of thioether (sulfide) groups is 1. The highest BCUT2D eigenvalue weighted by molar-refractivity contribution is 7.98. The first-order valence-electron chi connectivity index (χ1n) is 6.31. The lowest BCUT2D eigenvalue weighted by Gasteiger charge is -2.27. The molecule has 6 heteroatoms. The topological polar surface area (TPSA) is 78.4 Å². The van der Waals surface area contributed by atoms with Crippen molar-refractivity contribution in [2.45, 2.75) is 44.7 Å². The lowest BCUT2D eigenvalue weighted by Crippen LogP contribution is -2.47. The van der Waals surface area contributed by atoms with Gasteiger partial charge in [0.05, 0.1) is 5.92 Å². The zero-order chi connectivity index (χ0) is 13.5. The van der Waals surface area contributed by atoms with Crippen molar-refractivity contribution in [2.75, 3.05) is 12.0 Å². The molecular formula is C12H22N2O3S. The molecule has 1 aliphatic carbocycles. The van der Waals surface area contributed by atoms with Crippen LogP contribution in [0.25, 0.3) is 0 Å². The molecule has 2 amide bonds. The summed E-state index contributed by atoms with van der Waals surface area (Å²) in [7, 11) is 0. The van der Waals surface area contributed by atoms with Crippen LogP contribution in [0.2, 0.25) is 0 Å². The van der Waals surface area contributed by atoms with Gasteiger partial charge in [-0.2, -0.15) is 11.8 Å². The Morgan fingerprint density at radius 1 is 1.44 bits per heavy atom. The van der Waals surface area contributed by atoms with Gasteiger partial charge in [0.15, 0.2) is 0 Å². The summed E-state index contributed by atoms with van der Waals surface area (Å²) >= 11 is 1.68. The van der Waals surface area contributed by atoms with Gasteiger partial charge in [-0.3, -0.25) is 4.79 Å². The molecule has 0 bridgehead atoms. The van der Waals surface area contributed by atoms with Gasteiger partial charge in [0.25, 0.3) is 0 Å². The number of amides is 2. The van der Waals surface area contributed by atoms with Crippen molar-refractivity contribution in [1.29, 1.82) is 0 Å². The number of urea groups is 1. The monoisotopic (exact) mass is 274 g/mol. The van der Waals surface area contributed by atoms with Gasteiger partial charge in [-0.25, -0.2) is 4.79 Å². The van der Waals surface area contributed by atoms with Crippen LogP contribution in [-0.2, 0) is 4.79 Å². The highest BCUT2D eigenvalue weighted by Gasteiger charge is 2.27. The summed E-state index contributed by atoms with van der Waals surface area (Å²) in [6, 6.07) is -0.0761. The van der Waals surface area contributed by atoms with E-state index >= 15 is 0 Å². The number of hydrogen-bond donors (Lipinski definition) is 3. The van der Waals surface area contributed by atoms with Crippen LogP contribution in [0.5, 0.6) is 0 Å². The van der Waals surface area contributed by atoms with E-state index in [1.165, 1.54) is 0 Å². The summed E-state index contributed by atoms with van der Waals surface area (Å²) < 4.78 is 0. The van der Waals surface area contributed by atoms with Gasteiger partial charge in [0, 0.05) is 17.8 Å². The molecule has 18 heavy (non-hydrogen) atoms. The molecule has 1 rings (SSSR count). The highest BCUT2D eigenvalue weighted by atomic mass is 32.2. The first-order chi connectivity index (χ1) is 8.52. The third-order valence-corrected chi connectivity index (χ3v) is 3.99. The maximum absolute atomic E-state index is 11.7. The minimum atomic E-state index is -0.752. The standard InChI is InChI=1S/C12H22N2O3S/c1-8(7-18-2)13-12(17)14-10-5-3-4-9(6-10)11(15)16/h8-10H,3-7H2,1-2H3,(H,15,16)(H2,13,14,17). The molecule has 5 nitrogen and oxygen atoms in total. The van der Waals surface area contributed by atoms with Crippen LogP contribution in [-0.4, -0.2) is 41.2 Å². The zero-order valence-electron chi connectivity index (χ0n) is 10.9. The van der Waals surface area contributed by atoms with Crippen molar-refractivity contribution in [3.8, 4) is 0 Å². The molecule has 0 aromatic heterocycles. The molecule has 3 N–H and O–H groups in total. The predicted octanol–water partition coefficient (Wildman–Crippen LogP) is 1.68. The lowest BCUT2D eigenvalue weighted by atomic mass is 9.86. The molecule has 3 atom stereocenters. The fraction of sp³-hybridized carbons (Fsp3) is 0.833. The number of aliphatic carboxylic acids is 1. The average Bonchev–Trinajstić information content (AvgIpc) is 2.29. The number of carboxylic acids is 1. The Kier molecular flexibility index (Phi) is 6.32. The zero-order valence-corrected chi connectivity index (χ0v) is 11.8. The summed E-state index contributed by atoms with van der Waals surface area (Å²) in [5.74, 6) is -0.194. The van der Waals surface area contributed by atoms with Crippen LogP contribution in [0.15, 0.2) is 0 Å². The van der Waals surface area contributed by atoms with E-state index in [0.717, 1.165) is 25.0 Å². The molecule has 1 saturated carbocycles. The summed E-state index contributed by atoms with van der Waals surface area (Å²) in [4.78, 5) is 22.6. The molecule has 3 unspecified atom stereocenters. The van der Waals surface area contributed by atoms with Gasteiger partial charge in [0.2, 0.25) is 0 Å². The molecular weight excluding hydrogens is 252 g/mol. The number of carboxylic acid groups (broad SMARTS) is 1. The second-order valence-corrected chi connectivity index (χ2v) is 5.78. The van der Waals surface area contributed by atoms with Crippen molar-refractivity contribution in [3.05, 3.63) is 0 Å². The van der Waals surface area contributed by atoms with Gasteiger partial charge in [-0.15, -0.1) is 0 Å². The Bertz CT molecular complexity index is 299. The quantitative estimate of drug-likeness (QED) is 0.713. The molecule has 0 spiro atoms. The molecule has 1 fully saturated rings. The summed E-state index contributed by atoms with van der Waals surface area (Å²) in [6.45, 7) is 1.96. The van der Waals surface area contributed by atoms with E-state index in [4.69, 9.17) is 5.11 Å². The van der Waals surface area contributed by atoms with E-state index in [-0.39, 0.29) is 24.0 Å². The van der Waals surface area contributed by atoms with E-state index < -0.39 is 5.97 Å². The van der Waals surface area contributed by atoms with Crippen LogP contribution in [0.3, 0.4) is 0 Å². The molecule has 0 aliphatic heterocycles. The van der Waals surface area contributed by atoms with Gasteiger partial charge in [-0.1, -0.05) is 6.42 Å². The fourth-order valence-electron chi connectivity index (χ4n) is 2.29. The summed E-state index contributed by atoms with van der Waals surface area (Å²) in [5.41, 5.74) is 0. The van der Waals surface area contributed by atoms with E-state index in [9.17, 15) is 9.59 Å². The first kappa shape index (κ1) is 15.1. The second-order valence-electron chi connectivity index (χ2n) is 4.87. The summed E-state index contributed by atoms with van der Waals surface area (Å²) in [5, 5.41) is 14.7. The Hall–Kier alpha value is -0.910. The Morgan fingerprint density at radius 3 is 2.78 bits per heavy atom. The van der Waals surface area contributed by atoms with Crippen molar-refractivity contribution >= 4 is 23.8 Å². The van der Waals surface area contributed by atoms with E-state index in [1.54, 1.807) is 11.8 Å². The molecule has 0 heterocycles. The summed E-state index contributed by atoms with van der Waals surface area (Å²) in [6.07, 6.45) is 4.99. The molecule has 0 aromatic rings. The fourth-order valence-corrected chi connectivity index (χ4v) is 2.87. The van der Waals surface area contributed by atoms with Crippen molar-refractivity contribution in [3.63, 3.8) is 0 Å². The normalized spacial score (nSPS) is 25.2. The largest absolute Gasteiger partial charge is 0.481 e. The Balaban J connectivity index is 2.33. The Morgan fingerprint density at radius 2 is 2.17 bits per heavy atom. The van der Waals surface area contributed by atoms with Crippen molar-refractivity contribution in [2.24, 2.45) is 5.92 Å². The van der Waals surface area contributed by atoms with Gasteiger partial charge >= 0.3 is 12.0 Å². The Labute approximate surface area is 112 Å². The van der Waals surface area contributed by atoms with Gasteiger partial charge in [0.1, 0.15) is 0 Å². The van der Waals surface area contributed by atoms with Crippen molar-refractivity contribution < 1.29 is 14.7 Å². The molecule has 0 saturated heterocycles. The highest BCUT2D eigenvalue weighted by Crippen LogP contribution is 2.24. The van der Waals surface area contributed by atoms with Crippen molar-refractivity contribution in [1.82, 2.24) is 10.6 Å². The number of carbonyl (C=O) groups excluding carboxylic acids is 1. The van der Waals surface area contributed by atoms with Crippen LogP contribution >= 0.6 is 11.8 Å². The smallest absolute Gasteiger partial charge is 0.315 e. The number of carbonyl (C=O) groups is 2. The first-order valence-corrected chi connectivity index (χ1v) is 7.71. The third kappa shape index (κ3) is 5.16. The second kappa shape index (κ2) is 7.51. The minimum absolute atomic E-state index is 0.0127. The van der Waals surface area contributed by atoms with Crippen LogP contribution in [0.1, 0.15) is 32.6 Å². The molecule has 0 aromatic carbocycles. The maximum atomic E-state index is 11.7. The third-order valence-electron chi connectivity index (χ3n) is 3.15. The van der Waals surface area contributed by atoms with Crippen LogP contribution < -0.4 is 10.6 Å². The van der Waals surface area contributed by atoms with E-state index in [1.807, 2.05) is 13.2 Å². The van der Waals surface area contributed by atoms with Gasteiger partial charge < -0.3 is 15.7 Å². The number of rotatable bonds is 5. The van der Waals surface area contributed by atoms with E-state index in [2.05, 4.69) is 10.6 Å². The molecule has 104 valence electrons. The predicted molar refractivity (Wildman–Crippen MR) is 72.9 cm³/mol. The van der Waals surface area contributed by atoms with E-state index in [0.29, 0.717) is 6.42 Å². The van der Waals surface area contributed by atoms with Crippen LogP contribution in [0, 0.1) is 5.92 Å². The SMILES string of the molecule is CSCC(C)NC(=O)NC1CCCC(C(=O)O)C1. The number of nitrogens with one attached hydrogen (secondary N) is 2. The molecule has 0 radical (unpaired) electrons. The van der Waals surface area contributed by atoms with Crippen LogP contribution in [0.4, 0.5) is 4.79 Å². The number of hydrogen-bond acceptors (Lipinski definition) is 3.